The quantitative estimate of drug-likeness (QED) is 0.159. The molecular weight excluding hydrogens is 777 g/mol. The number of hydrogen-bond donors (Lipinski definition) is 0. The van der Waals surface area contributed by atoms with Crippen LogP contribution in [0.25, 0.3) is 60.9 Å². The molecule has 0 spiro atoms. The molecular formula is C61H40N2O. The molecule has 0 N–H and O–H groups in total. The predicted molar refractivity (Wildman–Crippen MR) is 264 cm³/mol. The fourth-order valence-corrected chi connectivity index (χ4v) is 10.8. The first-order valence-corrected chi connectivity index (χ1v) is 22.0. The Bertz CT molecular complexity index is 3530. The van der Waals surface area contributed by atoms with Gasteiger partial charge < -0.3 is 14.2 Å². The topological polar surface area (TPSA) is 17.4 Å². The van der Waals surface area contributed by atoms with Gasteiger partial charge in [-0.2, -0.15) is 0 Å². The van der Waals surface area contributed by atoms with Crippen molar-refractivity contribution in [3.63, 3.8) is 0 Å². The van der Waals surface area contributed by atoms with Crippen molar-refractivity contribution in [1.29, 1.82) is 0 Å². The minimum atomic E-state index is -0.490. The zero-order valence-electron chi connectivity index (χ0n) is 34.9. The van der Waals surface area contributed by atoms with E-state index >= 15 is 0 Å². The molecule has 300 valence electrons. The van der Waals surface area contributed by atoms with Crippen LogP contribution in [-0.2, 0) is 5.41 Å². The minimum Gasteiger partial charge on any atom is -0.453 e. The van der Waals surface area contributed by atoms with Crippen molar-refractivity contribution in [1.82, 2.24) is 4.57 Å². The summed E-state index contributed by atoms with van der Waals surface area (Å²) in [6.07, 6.45) is 0. The lowest BCUT2D eigenvalue weighted by molar-refractivity contribution is 0.477. The maximum atomic E-state index is 6.64. The monoisotopic (exact) mass is 816 g/mol. The second-order valence-corrected chi connectivity index (χ2v) is 16.8. The first kappa shape index (κ1) is 36.3. The van der Waals surface area contributed by atoms with Gasteiger partial charge in [-0.15, -0.1) is 0 Å². The molecule has 0 fully saturated rings. The lowest BCUT2D eigenvalue weighted by Crippen LogP contribution is -2.28. The highest BCUT2D eigenvalue weighted by atomic mass is 16.5. The molecule has 0 bridgehead atoms. The number of hydrogen-bond acceptors (Lipinski definition) is 2. The van der Waals surface area contributed by atoms with E-state index in [1.165, 1.54) is 49.7 Å². The Balaban J connectivity index is 0.923. The van der Waals surface area contributed by atoms with Crippen LogP contribution in [0.15, 0.2) is 243 Å². The van der Waals surface area contributed by atoms with Gasteiger partial charge in [0, 0.05) is 33.4 Å². The Morgan fingerprint density at radius 3 is 1.73 bits per heavy atom. The van der Waals surface area contributed by atoms with Gasteiger partial charge in [0.25, 0.3) is 0 Å². The van der Waals surface area contributed by atoms with E-state index in [1.807, 2.05) is 0 Å². The van der Waals surface area contributed by atoms with E-state index in [9.17, 15) is 0 Å². The number of nitrogens with zero attached hydrogens (tertiary/aromatic N) is 2. The van der Waals surface area contributed by atoms with E-state index in [4.69, 9.17) is 4.74 Å². The van der Waals surface area contributed by atoms with Gasteiger partial charge in [-0.05, 0) is 111 Å². The molecule has 3 heteroatoms. The van der Waals surface area contributed by atoms with Crippen molar-refractivity contribution < 1.29 is 4.74 Å². The molecule has 10 aromatic carbocycles. The third kappa shape index (κ3) is 5.34. The van der Waals surface area contributed by atoms with Gasteiger partial charge in [-0.3, -0.25) is 0 Å². The van der Waals surface area contributed by atoms with Crippen LogP contribution in [0.2, 0.25) is 0 Å². The van der Waals surface area contributed by atoms with E-state index in [0.29, 0.717) is 0 Å². The fourth-order valence-electron chi connectivity index (χ4n) is 10.8. The highest BCUT2D eigenvalue weighted by Crippen LogP contribution is 2.57. The van der Waals surface area contributed by atoms with E-state index in [-0.39, 0.29) is 0 Å². The predicted octanol–water partition coefficient (Wildman–Crippen LogP) is 16.1. The maximum Gasteiger partial charge on any atom is 0.152 e. The Morgan fingerprint density at radius 1 is 0.359 bits per heavy atom. The highest BCUT2D eigenvalue weighted by molar-refractivity contribution is 6.12. The van der Waals surface area contributed by atoms with Gasteiger partial charge in [-0.25, -0.2) is 0 Å². The summed E-state index contributed by atoms with van der Waals surface area (Å²) in [6.45, 7) is 0. The lowest BCUT2D eigenvalue weighted by atomic mass is 9.67. The van der Waals surface area contributed by atoms with E-state index in [1.54, 1.807) is 0 Å². The summed E-state index contributed by atoms with van der Waals surface area (Å²) in [5, 5.41) is 2.42. The van der Waals surface area contributed by atoms with Gasteiger partial charge >= 0.3 is 0 Å². The van der Waals surface area contributed by atoms with Gasteiger partial charge in [0.2, 0.25) is 0 Å². The molecule has 1 aromatic heterocycles. The van der Waals surface area contributed by atoms with E-state index in [0.717, 1.165) is 62.0 Å². The molecule has 1 aliphatic heterocycles. The molecule has 1 aliphatic carbocycles. The van der Waals surface area contributed by atoms with Crippen molar-refractivity contribution in [2.75, 3.05) is 4.90 Å². The zero-order chi connectivity index (χ0) is 42.2. The van der Waals surface area contributed by atoms with Gasteiger partial charge in [-0.1, -0.05) is 182 Å². The van der Waals surface area contributed by atoms with Crippen LogP contribution < -0.4 is 9.64 Å². The summed E-state index contributed by atoms with van der Waals surface area (Å²) in [5.74, 6) is 1.74. The molecule has 13 rings (SSSR count). The standard InChI is InChI=1S/C61H40N2O/c1-4-19-44(20-5-1)61(45-21-6-2-7-22-45)54-29-12-10-25-50(54)51-38-37-48(40-55(51)61)62(46-23-8-3-9-24-46)47-35-33-41(34-36-47)42-17-14-18-43(39-42)49-27-15-31-57-59(49)63-56-30-13-11-26-52(56)53-28-16-32-58(64-57)60(53)63/h1-40H. The molecule has 0 unspecified atom stereocenters. The van der Waals surface area contributed by atoms with Crippen molar-refractivity contribution in [3.05, 3.63) is 265 Å². The normalized spacial score (nSPS) is 12.9. The van der Waals surface area contributed by atoms with E-state index < -0.39 is 5.41 Å². The molecule has 0 saturated carbocycles. The largest absolute Gasteiger partial charge is 0.453 e. The maximum absolute atomic E-state index is 6.64. The number of fused-ring (bicyclic) bond motifs is 8. The van der Waals surface area contributed by atoms with E-state index in [2.05, 4.69) is 252 Å². The molecule has 0 saturated heterocycles. The Hall–Kier alpha value is -8.40. The summed E-state index contributed by atoms with van der Waals surface area (Å²) < 4.78 is 9.03. The lowest BCUT2D eigenvalue weighted by Gasteiger charge is -2.35. The summed E-state index contributed by atoms with van der Waals surface area (Å²) in [5.41, 5.74) is 18.4. The number of rotatable bonds is 7. The van der Waals surface area contributed by atoms with Crippen LogP contribution in [0.4, 0.5) is 17.1 Å². The van der Waals surface area contributed by atoms with Gasteiger partial charge in [0.05, 0.1) is 22.1 Å². The zero-order valence-corrected chi connectivity index (χ0v) is 34.9. The Labute approximate surface area is 372 Å². The first-order valence-electron chi connectivity index (χ1n) is 22.0. The minimum absolute atomic E-state index is 0.490. The molecule has 0 radical (unpaired) electrons. The number of anilines is 3. The van der Waals surface area contributed by atoms with Crippen molar-refractivity contribution >= 4 is 38.9 Å². The van der Waals surface area contributed by atoms with Crippen molar-refractivity contribution in [2.45, 2.75) is 5.41 Å². The number of benzene rings is 10. The van der Waals surface area contributed by atoms with Crippen molar-refractivity contribution in [2.24, 2.45) is 0 Å². The van der Waals surface area contributed by atoms with Crippen LogP contribution in [0.3, 0.4) is 0 Å². The van der Waals surface area contributed by atoms with Crippen LogP contribution in [0, 0.1) is 0 Å². The number of ether oxygens (including phenoxy) is 1. The third-order valence-corrected chi connectivity index (χ3v) is 13.4. The Kier molecular flexibility index (Phi) is 8.13. The molecule has 2 heterocycles. The molecule has 11 aromatic rings. The molecule has 3 nitrogen and oxygen atoms in total. The summed E-state index contributed by atoms with van der Waals surface area (Å²) in [7, 11) is 0. The molecule has 0 atom stereocenters. The summed E-state index contributed by atoms with van der Waals surface area (Å²) in [4.78, 5) is 2.39. The fraction of sp³-hybridized carbons (Fsp3) is 0.0164. The number of para-hydroxylation sites is 4. The van der Waals surface area contributed by atoms with Crippen LogP contribution in [-0.4, -0.2) is 4.57 Å². The Morgan fingerprint density at radius 2 is 0.938 bits per heavy atom. The molecule has 0 amide bonds. The summed E-state index contributed by atoms with van der Waals surface area (Å²) >= 11 is 0. The average molecular weight is 817 g/mol. The van der Waals surface area contributed by atoms with Crippen LogP contribution in [0.5, 0.6) is 11.5 Å². The van der Waals surface area contributed by atoms with Crippen LogP contribution >= 0.6 is 0 Å². The van der Waals surface area contributed by atoms with Crippen molar-refractivity contribution in [3.8, 4) is 50.6 Å². The highest BCUT2D eigenvalue weighted by Gasteiger charge is 2.46. The van der Waals surface area contributed by atoms with Crippen LogP contribution in [0.1, 0.15) is 22.3 Å². The summed E-state index contributed by atoms with van der Waals surface area (Å²) in [6, 6.07) is 88.1. The first-order chi connectivity index (χ1) is 31.8. The van der Waals surface area contributed by atoms with Gasteiger partial charge in [0.1, 0.15) is 0 Å². The SMILES string of the molecule is c1ccc(N(c2ccc(-c3cccc(-c4cccc5c4-n4c6ccccc6c6cccc(c64)O5)c3)cc2)c2ccc3c(c2)C(c2ccccc2)(c2ccccc2)c2ccccc2-3)cc1. The third-order valence-electron chi connectivity index (χ3n) is 13.4. The molecule has 2 aliphatic rings. The second kappa shape index (κ2) is 14.3. The van der Waals surface area contributed by atoms with Gasteiger partial charge in [0.15, 0.2) is 11.5 Å². The average Bonchev–Trinajstić information content (AvgIpc) is 3.87. The second-order valence-electron chi connectivity index (χ2n) is 16.8. The smallest absolute Gasteiger partial charge is 0.152 e. The number of aromatic nitrogens is 1. The molecule has 64 heavy (non-hydrogen) atoms.